The number of hydrogen-bond donors (Lipinski definition) is 0. The summed E-state index contributed by atoms with van der Waals surface area (Å²) in [7, 11) is 0. The van der Waals surface area contributed by atoms with Crippen LogP contribution in [-0.2, 0) is 0 Å². The van der Waals surface area contributed by atoms with Crippen molar-refractivity contribution in [1.82, 2.24) is 0 Å². The summed E-state index contributed by atoms with van der Waals surface area (Å²) in [6, 6.07) is 0. The minimum Gasteiger partial charge on any atom is -0.0654 e. The van der Waals surface area contributed by atoms with E-state index in [-0.39, 0.29) is 0 Å². The van der Waals surface area contributed by atoms with Gasteiger partial charge in [0.25, 0.3) is 0 Å². The van der Waals surface area contributed by atoms with Crippen LogP contribution in [0, 0.1) is 11.8 Å². The smallest absolute Gasteiger partial charge is 0.0269 e. The molecule has 0 nitrogen and oxygen atoms in total. The molecule has 0 spiro atoms. The minimum absolute atomic E-state index is 1.04. The quantitative estimate of drug-likeness (QED) is 0.548. The topological polar surface area (TPSA) is 0 Å². The van der Waals surface area contributed by atoms with Crippen molar-refractivity contribution in [2.24, 2.45) is 5.92 Å². The molecule has 1 saturated carbocycles. The third-order valence-electron chi connectivity index (χ3n) is 2.55. The molecular formula is C10H19. The highest BCUT2D eigenvalue weighted by Crippen LogP contribution is 2.32. The molecule has 1 aliphatic carbocycles. The second kappa shape index (κ2) is 4.00. The highest BCUT2D eigenvalue weighted by molar-refractivity contribution is 4.90. The maximum atomic E-state index is 2.32. The van der Waals surface area contributed by atoms with E-state index in [1.165, 1.54) is 38.5 Å². The Morgan fingerprint density at radius 2 is 2.30 bits per heavy atom. The Hall–Kier alpha value is 0. The molecule has 0 aromatic carbocycles. The lowest BCUT2D eigenvalue weighted by Gasteiger charge is -2.25. The van der Waals surface area contributed by atoms with Crippen molar-refractivity contribution in [1.29, 1.82) is 0 Å². The first-order valence-electron chi connectivity index (χ1n) is 4.64. The van der Waals surface area contributed by atoms with Crippen LogP contribution < -0.4 is 0 Å². The molecule has 0 heterocycles. The van der Waals surface area contributed by atoms with Crippen LogP contribution in [0.4, 0.5) is 0 Å². The summed E-state index contributed by atoms with van der Waals surface area (Å²) in [6.45, 7) is 4.62. The van der Waals surface area contributed by atoms with E-state index in [9.17, 15) is 0 Å². The molecule has 0 N–H and O–H groups in total. The predicted molar refractivity (Wildman–Crippen MR) is 45.8 cm³/mol. The van der Waals surface area contributed by atoms with E-state index in [0.29, 0.717) is 0 Å². The van der Waals surface area contributed by atoms with E-state index in [2.05, 4.69) is 13.8 Å². The van der Waals surface area contributed by atoms with Crippen LogP contribution >= 0.6 is 0 Å². The first kappa shape index (κ1) is 8.10. The monoisotopic (exact) mass is 139 g/mol. The number of rotatable bonds is 2. The van der Waals surface area contributed by atoms with Gasteiger partial charge in [-0.2, -0.15) is 0 Å². The summed E-state index contributed by atoms with van der Waals surface area (Å²) in [5.74, 6) is 2.78. The van der Waals surface area contributed by atoms with Gasteiger partial charge in [-0.05, 0) is 24.7 Å². The van der Waals surface area contributed by atoms with Crippen molar-refractivity contribution >= 4 is 0 Å². The summed E-state index contributed by atoms with van der Waals surface area (Å²) in [5, 5.41) is 0. The van der Waals surface area contributed by atoms with Gasteiger partial charge in [-0.25, -0.2) is 0 Å². The Morgan fingerprint density at radius 1 is 1.50 bits per heavy atom. The van der Waals surface area contributed by atoms with Gasteiger partial charge in [0.1, 0.15) is 0 Å². The molecule has 59 valence electrons. The van der Waals surface area contributed by atoms with Crippen molar-refractivity contribution in [3.63, 3.8) is 0 Å². The Morgan fingerprint density at radius 3 is 2.90 bits per heavy atom. The average molecular weight is 139 g/mol. The molecule has 1 rings (SSSR count). The fourth-order valence-electron chi connectivity index (χ4n) is 2.04. The summed E-state index contributed by atoms with van der Waals surface area (Å²) in [5.41, 5.74) is 0. The molecule has 0 saturated heterocycles. The summed E-state index contributed by atoms with van der Waals surface area (Å²) in [6.07, 6.45) is 8.60. The molecule has 0 amide bonds. The molecule has 10 heavy (non-hydrogen) atoms. The molecule has 0 heteroatoms. The van der Waals surface area contributed by atoms with Crippen LogP contribution in [0.1, 0.15) is 52.4 Å². The molecule has 1 fully saturated rings. The van der Waals surface area contributed by atoms with E-state index in [1.54, 1.807) is 5.92 Å². The molecule has 0 aliphatic heterocycles. The lowest BCUT2D eigenvalue weighted by Crippen LogP contribution is -2.11. The van der Waals surface area contributed by atoms with E-state index in [1.807, 2.05) is 0 Å². The van der Waals surface area contributed by atoms with Crippen molar-refractivity contribution in [3.8, 4) is 0 Å². The standard InChI is InChI=1S/C10H19/c1-3-5-10-7-4-6-9(2)8-10/h10H,3-8H2,1-2H3. The summed E-state index contributed by atoms with van der Waals surface area (Å²) >= 11 is 0. The van der Waals surface area contributed by atoms with Gasteiger partial charge in [0.05, 0.1) is 0 Å². The van der Waals surface area contributed by atoms with Gasteiger partial charge in [-0.3, -0.25) is 0 Å². The molecular weight excluding hydrogens is 120 g/mol. The Labute approximate surface area is 65.0 Å². The van der Waals surface area contributed by atoms with Crippen LogP contribution in [0.2, 0.25) is 0 Å². The van der Waals surface area contributed by atoms with Crippen molar-refractivity contribution in [3.05, 3.63) is 5.92 Å². The van der Waals surface area contributed by atoms with Crippen molar-refractivity contribution < 1.29 is 0 Å². The maximum Gasteiger partial charge on any atom is -0.0269 e. The number of hydrogen-bond acceptors (Lipinski definition) is 0. The third-order valence-corrected chi connectivity index (χ3v) is 2.55. The Kier molecular flexibility index (Phi) is 3.24. The first-order valence-corrected chi connectivity index (χ1v) is 4.64. The molecule has 1 aliphatic rings. The fourth-order valence-corrected chi connectivity index (χ4v) is 2.04. The largest absolute Gasteiger partial charge is 0.0654 e. The van der Waals surface area contributed by atoms with Crippen molar-refractivity contribution in [2.75, 3.05) is 0 Å². The van der Waals surface area contributed by atoms with E-state index >= 15 is 0 Å². The molecule has 1 atom stereocenters. The Bertz CT molecular complexity index is 84.0. The second-order valence-corrected chi connectivity index (χ2v) is 3.71. The SMILES string of the molecule is CCCC1CCC[C](C)C1. The van der Waals surface area contributed by atoms with E-state index in [4.69, 9.17) is 0 Å². The van der Waals surface area contributed by atoms with Crippen molar-refractivity contribution in [2.45, 2.75) is 52.4 Å². The summed E-state index contributed by atoms with van der Waals surface area (Å²) < 4.78 is 0. The van der Waals surface area contributed by atoms with Gasteiger partial charge >= 0.3 is 0 Å². The highest BCUT2D eigenvalue weighted by Gasteiger charge is 2.17. The molecule has 1 unspecified atom stereocenters. The van der Waals surface area contributed by atoms with Crippen LogP contribution in [0.25, 0.3) is 0 Å². The minimum atomic E-state index is 1.04. The zero-order valence-corrected chi connectivity index (χ0v) is 7.32. The highest BCUT2D eigenvalue weighted by atomic mass is 14.2. The second-order valence-electron chi connectivity index (χ2n) is 3.71. The van der Waals surface area contributed by atoms with Crippen LogP contribution in [-0.4, -0.2) is 0 Å². The van der Waals surface area contributed by atoms with Crippen LogP contribution in [0.15, 0.2) is 0 Å². The third kappa shape index (κ3) is 2.32. The van der Waals surface area contributed by atoms with Gasteiger partial charge in [0.2, 0.25) is 0 Å². The maximum absolute atomic E-state index is 2.32. The fraction of sp³-hybridized carbons (Fsp3) is 0.900. The lowest BCUT2D eigenvalue weighted by atomic mass is 9.80. The first-order chi connectivity index (χ1) is 4.83. The van der Waals surface area contributed by atoms with Gasteiger partial charge in [0, 0.05) is 0 Å². The molecule has 1 radical (unpaired) electrons. The molecule has 0 aromatic rings. The van der Waals surface area contributed by atoms with Gasteiger partial charge in [-0.1, -0.05) is 39.5 Å². The van der Waals surface area contributed by atoms with Gasteiger partial charge < -0.3 is 0 Å². The normalized spacial score (nSPS) is 28.8. The lowest BCUT2D eigenvalue weighted by molar-refractivity contribution is 0.359. The van der Waals surface area contributed by atoms with Gasteiger partial charge in [-0.15, -0.1) is 0 Å². The Balaban J connectivity index is 2.18. The molecule has 0 bridgehead atoms. The predicted octanol–water partition coefficient (Wildman–Crippen LogP) is 3.57. The van der Waals surface area contributed by atoms with E-state index in [0.717, 1.165) is 5.92 Å². The zero-order chi connectivity index (χ0) is 7.40. The van der Waals surface area contributed by atoms with E-state index < -0.39 is 0 Å². The zero-order valence-electron chi connectivity index (χ0n) is 7.32. The summed E-state index contributed by atoms with van der Waals surface area (Å²) in [4.78, 5) is 0. The van der Waals surface area contributed by atoms with Crippen LogP contribution in [0.3, 0.4) is 0 Å². The van der Waals surface area contributed by atoms with Gasteiger partial charge in [0.15, 0.2) is 0 Å². The van der Waals surface area contributed by atoms with Crippen LogP contribution in [0.5, 0.6) is 0 Å². The molecule has 0 aromatic heterocycles. The average Bonchev–Trinajstić information content (AvgIpc) is 1.88.